The van der Waals surface area contributed by atoms with E-state index in [0.29, 0.717) is 13.2 Å². The number of likely N-dealkylation sites (N-methyl/N-ethyl adjacent to an activating group) is 1. The number of unbranched alkanes of at least 4 members (excludes halogenated alkanes) is 10. The molecule has 0 heterocycles. The first-order valence-electron chi connectivity index (χ1n) is 13.1. The highest BCUT2D eigenvalue weighted by atomic mass is 79.9. The van der Waals surface area contributed by atoms with Gasteiger partial charge in [-0.2, -0.15) is 0 Å². The summed E-state index contributed by atoms with van der Waals surface area (Å²) in [6, 6.07) is 0. The molecular weight excluding hydrogens is 470 g/mol. The Morgan fingerprint density at radius 3 is 1.84 bits per heavy atom. The lowest BCUT2D eigenvalue weighted by Gasteiger charge is -2.33. The molecule has 1 atom stereocenters. The first-order valence-corrected chi connectivity index (χ1v) is 13.1. The SMILES string of the molecule is CCCCCCCCOCC(C[N+](C)(C)CCCOC(C)=O)OCCCCCCCC.[Br-]. The summed E-state index contributed by atoms with van der Waals surface area (Å²) in [5.41, 5.74) is 0. The third kappa shape index (κ3) is 24.5. The van der Waals surface area contributed by atoms with Gasteiger partial charge in [-0.3, -0.25) is 4.79 Å². The third-order valence-electron chi connectivity index (χ3n) is 5.71. The Morgan fingerprint density at radius 1 is 0.750 bits per heavy atom. The zero-order valence-electron chi connectivity index (χ0n) is 22.0. The normalized spacial score (nSPS) is 12.4. The molecule has 0 saturated heterocycles. The van der Waals surface area contributed by atoms with E-state index < -0.39 is 0 Å². The third-order valence-corrected chi connectivity index (χ3v) is 5.71. The Bertz CT molecular complexity index is 407. The lowest BCUT2D eigenvalue weighted by atomic mass is 10.1. The minimum Gasteiger partial charge on any atom is -1.00 e. The van der Waals surface area contributed by atoms with Gasteiger partial charge in [0.2, 0.25) is 0 Å². The van der Waals surface area contributed by atoms with Crippen molar-refractivity contribution in [1.29, 1.82) is 0 Å². The van der Waals surface area contributed by atoms with Crippen LogP contribution in [-0.4, -0.2) is 70.2 Å². The topological polar surface area (TPSA) is 44.8 Å². The van der Waals surface area contributed by atoms with Crippen LogP contribution in [-0.2, 0) is 19.0 Å². The van der Waals surface area contributed by atoms with Crippen molar-refractivity contribution in [3.8, 4) is 0 Å². The van der Waals surface area contributed by atoms with E-state index in [-0.39, 0.29) is 29.1 Å². The number of rotatable bonds is 23. The number of hydrogen-bond donors (Lipinski definition) is 0. The second-order valence-corrected chi connectivity index (χ2v) is 9.64. The molecule has 0 aliphatic carbocycles. The Labute approximate surface area is 210 Å². The van der Waals surface area contributed by atoms with E-state index in [2.05, 4.69) is 27.9 Å². The number of nitrogens with zero attached hydrogens (tertiary/aromatic N) is 1. The van der Waals surface area contributed by atoms with Crippen LogP contribution in [0.5, 0.6) is 0 Å². The smallest absolute Gasteiger partial charge is 0.302 e. The number of carbonyl (C=O) groups is 1. The first-order chi connectivity index (χ1) is 14.9. The number of ether oxygens (including phenoxy) is 3. The van der Waals surface area contributed by atoms with Gasteiger partial charge in [0.25, 0.3) is 0 Å². The van der Waals surface area contributed by atoms with Gasteiger partial charge in [-0.1, -0.05) is 78.1 Å². The van der Waals surface area contributed by atoms with Gasteiger partial charge in [-0.05, 0) is 12.8 Å². The van der Waals surface area contributed by atoms with Crippen LogP contribution >= 0.6 is 0 Å². The molecular formula is C26H54BrNO4. The minimum absolute atomic E-state index is 0. The Balaban J connectivity index is 0. The highest BCUT2D eigenvalue weighted by Crippen LogP contribution is 2.10. The van der Waals surface area contributed by atoms with Crippen LogP contribution in [0.4, 0.5) is 0 Å². The van der Waals surface area contributed by atoms with Crippen LogP contribution in [0.25, 0.3) is 0 Å². The lowest BCUT2D eigenvalue weighted by molar-refractivity contribution is -0.893. The van der Waals surface area contributed by atoms with E-state index in [4.69, 9.17) is 14.2 Å². The van der Waals surface area contributed by atoms with E-state index in [1.54, 1.807) is 0 Å². The maximum absolute atomic E-state index is 11.0. The zero-order valence-corrected chi connectivity index (χ0v) is 23.6. The number of quaternary nitrogens is 1. The van der Waals surface area contributed by atoms with E-state index in [0.717, 1.165) is 50.0 Å². The fourth-order valence-electron chi connectivity index (χ4n) is 3.84. The molecule has 0 saturated carbocycles. The fourth-order valence-corrected chi connectivity index (χ4v) is 3.84. The lowest BCUT2D eigenvalue weighted by Crippen LogP contribution is -3.00. The summed E-state index contributed by atoms with van der Waals surface area (Å²) in [7, 11) is 4.45. The highest BCUT2D eigenvalue weighted by Gasteiger charge is 2.23. The Hall–Kier alpha value is -0.170. The van der Waals surface area contributed by atoms with Crippen molar-refractivity contribution in [1.82, 2.24) is 0 Å². The standard InChI is InChI=1S/C26H54NO4.BrH/c1-6-8-10-12-14-16-20-29-24-26(31-21-17-15-13-11-9-7-2)23-27(4,5)19-18-22-30-25(3)28;/h26H,6-24H2,1-5H3;1H/q+1;/p-1. The summed E-state index contributed by atoms with van der Waals surface area (Å²) < 4.78 is 18.2. The average Bonchev–Trinajstić information content (AvgIpc) is 2.72. The van der Waals surface area contributed by atoms with Crippen molar-refractivity contribution in [3.05, 3.63) is 0 Å². The molecule has 0 aromatic carbocycles. The molecule has 0 N–H and O–H groups in total. The molecule has 0 spiro atoms. The van der Waals surface area contributed by atoms with Gasteiger partial charge in [-0.25, -0.2) is 0 Å². The zero-order chi connectivity index (χ0) is 23.2. The summed E-state index contributed by atoms with van der Waals surface area (Å²) >= 11 is 0. The highest BCUT2D eigenvalue weighted by molar-refractivity contribution is 5.65. The summed E-state index contributed by atoms with van der Waals surface area (Å²) in [6.07, 6.45) is 16.4. The molecule has 0 aromatic heterocycles. The summed E-state index contributed by atoms with van der Waals surface area (Å²) in [5, 5.41) is 0. The predicted molar refractivity (Wildman–Crippen MR) is 130 cm³/mol. The van der Waals surface area contributed by atoms with Crippen LogP contribution < -0.4 is 17.0 Å². The van der Waals surface area contributed by atoms with Crippen LogP contribution in [0.1, 0.15) is 104 Å². The van der Waals surface area contributed by atoms with Crippen molar-refractivity contribution < 1.29 is 40.5 Å². The molecule has 5 nitrogen and oxygen atoms in total. The molecule has 194 valence electrons. The van der Waals surface area contributed by atoms with Crippen LogP contribution in [0.2, 0.25) is 0 Å². The molecule has 6 heteroatoms. The van der Waals surface area contributed by atoms with E-state index in [1.807, 2.05) is 0 Å². The van der Waals surface area contributed by atoms with Crippen LogP contribution in [0.15, 0.2) is 0 Å². The number of halogens is 1. The van der Waals surface area contributed by atoms with Crippen LogP contribution in [0.3, 0.4) is 0 Å². The number of carbonyl (C=O) groups excluding carboxylic acids is 1. The second-order valence-electron chi connectivity index (χ2n) is 9.64. The predicted octanol–water partition coefficient (Wildman–Crippen LogP) is 3.14. The molecule has 0 amide bonds. The molecule has 32 heavy (non-hydrogen) atoms. The van der Waals surface area contributed by atoms with E-state index >= 15 is 0 Å². The fraction of sp³-hybridized carbons (Fsp3) is 0.962. The van der Waals surface area contributed by atoms with Crippen molar-refractivity contribution in [3.63, 3.8) is 0 Å². The monoisotopic (exact) mass is 523 g/mol. The Morgan fingerprint density at radius 2 is 1.28 bits per heavy atom. The van der Waals surface area contributed by atoms with Gasteiger partial charge >= 0.3 is 5.97 Å². The summed E-state index contributed by atoms with van der Waals surface area (Å²) in [6.45, 7) is 10.7. The van der Waals surface area contributed by atoms with Crippen molar-refractivity contribution in [2.45, 2.75) is 110 Å². The molecule has 0 fully saturated rings. The summed E-state index contributed by atoms with van der Waals surface area (Å²) in [4.78, 5) is 11.0. The maximum atomic E-state index is 11.0. The minimum atomic E-state index is -0.200. The molecule has 0 rings (SSSR count). The second kappa shape index (κ2) is 24.0. The Kier molecular flexibility index (Phi) is 25.5. The van der Waals surface area contributed by atoms with Gasteiger partial charge in [0.1, 0.15) is 12.6 Å². The molecule has 0 bridgehead atoms. The van der Waals surface area contributed by atoms with Gasteiger partial charge in [0.05, 0.1) is 33.9 Å². The average molecular weight is 525 g/mol. The van der Waals surface area contributed by atoms with Crippen molar-refractivity contribution in [2.24, 2.45) is 0 Å². The van der Waals surface area contributed by atoms with Crippen molar-refractivity contribution in [2.75, 3.05) is 53.6 Å². The number of esters is 1. The largest absolute Gasteiger partial charge is 1.00 e. The van der Waals surface area contributed by atoms with Gasteiger partial charge in [-0.15, -0.1) is 0 Å². The van der Waals surface area contributed by atoms with Crippen molar-refractivity contribution >= 4 is 5.97 Å². The molecule has 0 radical (unpaired) electrons. The first kappa shape index (κ1) is 34.0. The van der Waals surface area contributed by atoms with Gasteiger partial charge in [0, 0.05) is 26.6 Å². The quantitative estimate of drug-likeness (QED) is 0.117. The number of hydrogen-bond acceptors (Lipinski definition) is 4. The maximum Gasteiger partial charge on any atom is 0.302 e. The molecule has 0 aromatic rings. The van der Waals surface area contributed by atoms with Gasteiger partial charge in [0.15, 0.2) is 0 Å². The van der Waals surface area contributed by atoms with E-state index in [9.17, 15) is 4.79 Å². The molecule has 0 aliphatic heterocycles. The molecule has 0 aliphatic rings. The van der Waals surface area contributed by atoms with Crippen LogP contribution in [0, 0.1) is 0 Å². The summed E-state index contributed by atoms with van der Waals surface area (Å²) in [5.74, 6) is -0.200. The molecule has 1 unspecified atom stereocenters. The van der Waals surface area contributed by atoms with E-state index in [1.165, 1.54) is 71.1 Å². The van der Waals surface area contributed by atoms with Gasteiger partial charge < -0.3 is 35.7 Å².